The fourth-order valence-corrected chi connectivity index (χ4v) is 5.26. The van der Waals surface area contributed by atoms with E-state index in [0.717, 1.165) is 16.7 Å². The number of aromatic amines is 1. The van der Waals surface area contributed by atoms with E-state index in [-0.39, 0.29) is 6.61 Å². The number of ether oxygens (including phenoxy) is 4. The lowest BCUT2D eigenvalue weighted by atomic mass is 9.79. The number of methoxy groups -OCH3 is 2. The van der Waals surface area contributed by atoms with Crippen LogP contribution in [0.25, 0.3) is 0 Å². The monoisotopic (exact) mass is 642 g/mol. The van der Waals surface area contributed by atoms with Gasteiger partial charge in [-0.3, -0.25) is 14.3 Å². The van der Waals surface area contributed by atoms with Gasteiger partial charge in [0, 0.05) is 6.20 Å². The number of benzene rings is 3. The van der Waals surface area contributed by atoms with Crippen LogP contribution in [0.2, 0.25) is 0 Å². The Morgan fingerprint density at radius 2 is 1.44 bits per heavy atom. The number of H-pyrrole nitrogens is 1. The van der Waals surface area contributed by atoms with E-state index in [1.807, 2.05) is 101 Å². The zero-order valence-corrected chi connectivity index (χ0v) is 23.4. The highest BCUT2D eigenvalue weighted by atomic mass is 127. The Bertz CT molecular complexity index is 1490. The van der Waals surface area contributed by atoms with Crippen LogP contribution >= 0.6 is 22.6 Å². The topological polar surface area (TPSA) is 112 Å². The first-order valence-electron chi connectivity index (χ1n) is 12.2. The van der Waals surface area contributed by atoms with Gasteiger partial charge in [-0.1, -0.05) is 54.6 Å². The van der Waals surface area contributed by atoms with E-state index in [2.05, 4.69) is 4.98 Å². The van der Waals surface area contributed by atoms with Crippen LogP contribution in [0.3, 0.4) is 0 Å². The molecule has 0 amide bonds. The molecule has 1 unspecified atom stereocenters. The Morgan fingerprint density at radius 3 is 1.97 bits per heavy atom. The van der Waals surface area contributed by atoms with E-state index in [1.165, 1.54) is 10.8 Å². The third kappa shape index (κ3) is 5.12. The maximum atomic E-state index is 12.6. The Kier molecular flexibility index (Phi) is 7.89. The molecule has 39 heavy (non-hydrogen) atoms. The van der Waals surface area contributed by atoms with Gasteiger partial charge in [0.15, 0.2) is 6.23 Å². The zero-order chi connectivity index (χ0) is 27.6. The SMILES string of the molecule is COc1ccc(C(O[C@H]2COC(n3cc(I)c(=O)[nH]c3=O)[C@@H]2O)(c2ccccc2)c2ccc(OC)cc2)cc1. The number of aliphatic hydroxyl groups is 1. The lowest BCUT2D eigenvalue weighted by Crippen LogP contribution is -2.43. The van der Waals surface area contributed by atoms with Crippen LogP contribution in [0, 0.1) is 3.57 Å². The molecule has 202 valence electrons. The van der Waals surface area contributed by atoms with Crippen LogP contribution in [0.15, 0.2) is 94.6 Å². The van der Waals surface area contributed by atoms with Gasteiger partial charge in [0.25, 0.3) is 5.56 Å². The van der Waals surface area contributed by atoms with Crippen molar-refractivity contribution < 1.29 is 24.1 Å². The Balaban J connectivity index is 1.63. The summed E-state index contributed by atoms with van der Waals surface area (Å²) in [7, 11) is 3.21. The highest BCUT2D eigenvalue weighted by Gasteiger charge is 2.46. The highest BCUT2D eigenvalue weighted by molar-refractivity contribution is 14.1. The van der Waals surface area contributed by atoms with Crippen molar-refractivity contribution in [2.45, 2.75) is 24.0 Å². The molecule has 3 aromatic carbocycles. The van der Waals surface area contributed by atoms with Gasteiger partial charge < -0.3 is 24.1 Å². The molecule has 0 aliphatic carbocycles. The Hall–Kier alpha value is -3.45. The maximum Gasteiger partial charge on any atom is 0.330 e. The second-order valence-electron chi connectivity index (χ2n) is 9.02. The minimum Gasteiger partial charge on any atom is -0.497 e. The Labute approximate surface area is 238 Å². The number of rotatable bonds is 8. The predicted molar refractivity (Wildman–Crippen MR) is 152 cm³/mol. The predicted octanol–water partition coefficient (Wildman–Crippen LogP) is 3.43. The minimum absolute atomic E-state index is 0.00880. The van der Waals surface area contributed by atoms with Gasteiger partial charge in [-0.25, -0.2) is 4.79 Å². The number of aliphatic hydroxyl groups excluding tert-OH is 1. The van der Waals surface area contributed by atoms with Gasteiger partial charge in [-0.05, 0) is 63.5 Å². The molecule has 3 atom stereocenters. The van der Waals surface area contributed by atoms with Gasteiger partial charge in [-0.15, -0.1) is 0 Å². The van der Waals surface area contributed by atoms with Crippen molar-refractivity contribution >= 4 is 22.6 Å². The lowest BCUT2D eigenvalue weighted by Gasteiger charge is -2.38. The van der Waals surface area contributed by atoms with E-state index in [4.69, 9.17) is 18.9 Å². The molecule has 10 heteroatoms. The van der Waals surface area contributed by atoms with E-state index in [1.54, 1.807) is 14.2 Å². The zero-order valence-electron chi connectivity index (χ0n) is 21.2. The van der Waals surface area contributed by atoms with Crippen molar-refractivity contribution in [2.75, 3.05) is 20.8 Å². The first kappa shape index (κ1) is 27.1. The summed E-state index contributed by atoms with van der Waals surface area (Å²) >= 11 is 1.83. The first-order valence-corrected chi connectivity index (χ1v) is 13.3. The molecule has 1 saturated heterocycles. The average molecular weight is 642 g/mol. The maximum absolute atomic E-state index is 12.6. The summed E-state index contributed by atoms with van der Waals surface area (Å²) in [4.78, 5) is 26.7. The van der Waals surface area contributed by atoms with E-state index < -0.39 is 35.3 Å². The van der Waals surface area contributed by atoms with Crippen molar-refractivity contribution in [3.63, 3.8) is 0 Å². The molecule has 0 spiro atoms. The van der Waals surface area contributed by atoms with Crippen LogP contribution in [0.4, 0.5) is 0 Å². The highest BCUT2D eigenvalue weighted by Crippen LogP contribution is 2.44. The van der Waals surface area contributed by atoms with Gasteiger partial charge in [0.05, 0.1) is 24.4 Å². The summed E-state index contributed by atoms with van der Waals surface area (Å²) in [5.41, 5.74) is 0.0709. The van der Waals surface area contributed by atoms with Gasteiger partial charge in [0.1, 0.15) is 29.3 Å². The lowest BCUT2D eigenvalue weighted by molar-refractivity contribution is -0.0905. The molecule has 1 fully saturated rings. The summed E-state index contributed by atoms with van der Waals surface area (Å²) < 4.78 is 25.1. The number of aromatic nitrogens is 2. The van der Waals surface area contributed by atoms with Crippen molar-refractivity contribution in [2.24, 2.45) is 0 Å². The molecule has 4 aromatic rings. The molecule has 9 nitrogen and oxygen atoms in total. The van der Waals surface area contributed by atoms with Gasteiger partial charge in [0.2, 0.25) is 0 Å². The van der Waals surface area contributed by atoms with Crippen molar-refractivity contribution in [3.05, 3.63) is 126 Å². The fraction of sp³-hybridized carbons (Fsp3) is 0.241. The van der Waals surface area contributed by atoms with Crippen LogP contribution in [0.5, 0.6) is 11.5 Å². The summed E-state index contributed by atoms with van der Waals surface area (Å²) in [6.45, 7) is 0.00880. The number of nitrogens with zero attached hydrogens (tertiary/aromatic N) is 1. The van der Waals surface area contributed by atoms with E-state index in [0.29, 0.717) is 15.1 Å². The van der Waals surface area contributed by atoms with Gasteiger partial charge >= 0.3 is 5.69 Å². The molecule has 1 aliphatic heterocycles. The molecule has 0 bridgehead atoms. The fourth-order valence-electron chi connectivity index (χ4n) is 4.83. The van der Waals surface area contributed by atoms with Crippen LogP contribution in [-0.4, -0.2) is 47.7 Å². The summed E-state index contributed by atoms with van der Waals surface area (Å²) in [6.07, 6.45) is -1.73. The van der Waals surface area contributed by atoms with E-state index >= 15 is 0 Å². The number of halogens is 1. The van der Waals surface area contributed by atoms with Crippen LogP contribution in [0.1, 0.15) is 22.9 Å². The molecule has 0 saturated carbocycles. The quantitative estimate of drug-likeness (QED) is 0.224. The second-order valence-corrected chi connectivity index (χ2v) is 10.2. The smallest absolute Gasteiger partial charge is 0.330 e. The van der Waals surface area contributed by atoms with Crippen molar-refractivity contribution in [1.82, 2.24) is 9.55 Å². The summed E-state index contributed by atoms with van der Waals surface area (Å²) in [5.74, 6) is 1.37. The third-order valence-electron chi connectivity index (χ3n) is 6.80. The van der Waals surface area contributed by atoms with Gasteiger partial charge in [-0.2, -0.15) is 0 Å². The standard InChI is InChI=1S/C29H27IN2O7/c1-36-21-12-8-19(9-13-21)29(18-6-4-3-5-7-18,20-10-14-22(37-2)15-11-20)39-24-17-38-27(25(24)33)32-16-23(30)26(34)31-28(32)35/h3-16,24-25,27,33H,17H2,1-2H3,(H,31,34,35)/t24-,25+,27?/m0/s1. The average Bonchev–Trinajstić information content (AvgIpc) is 3.33. The molecule has 2 heterocycles. The molecular formula is C29H27IN2O7. The molecular weight excluding hydrogens is 615 g/mol. The number of nitrogens with one attached hydrogen (secondary N) is 1. The molecule has 2 N–H and O–H groups in total. The van der Waals surface area contributed by atoms with Crippen molar-refractivity contribution in [3.8, 4) is 11.5 Å². The van der Waals surface area contributed by atoms with Crippen LogP contribution < -0.4 is 20.7 Å². The third-order valence-corrected chi connectivity index (χ3v) is 7.57. The summed E-state index contributed by atoms with van der Waals surface area (Å²) in [5, 5.41) is 11.4. The summed E-state index contributed by atoms with van der Waals surface area (Å²) in [6, 6.07) is 24.8. The van der Waals surface area contributed by atoms with Crippen molar-refractivity contribution in [1.29, 1.82) is 0 Å². The molecule has 1 aromatic heterocycles. The number of hydrogen-bond donors (Lipinski definition) is 2. The minimum atomic E-state index is -1.22. The Morgan fingerprint density at radius 1 is 0.897 bits per heavy atom. The van der Waals surface area contributed by atoms with E-state index in [9.17, 15) is 14.7 Å². The molecule has 1 aliphatic rings. The molecule has 0 radical (unpaired) electrons. The normalized spacial score (nSPS) is 19.1. The largest absolute Gasteiger partial charge is 0.497 e. The first-order chi connectivity index (χ1) is 18.9. The molecule has 5 rings (SSSR count). The van der Waals surface area contributed by atoms with Crippen LogP contribution in [-0.2, 0) is 15.1 Å². The second kappa shape index (κ2) is 11.3. The number of hydrogen-bond acceptors (Lipinski definition) is 7.